The predicted molar refractivity (Wildman–Crippen MR) is 92.7 cm³/mol. The Labute approximate surface area is 143 Å². The Morgan fingerprint density at radius 1 is 1.20 bits per heavy atom. The van der Waals surface area contributed by atoms with Crippen LogP contribution >= 0.6 is 0 Å². The zero-order valence-corrected chi connectivity index (χ0v) is 13.8. The van der Waals surface area contributed by atoms with E-state index in [1.54, 1.807) is 6.07 Å². The zero-order valence-electron chi connectivity index (χ0n) is 13.8. The molecular formula is C16H20N6O3. The van der Waals surface area contributed by atoms with Gasteiger partial charge in [-0.05, 0) is 19.3 Å². The molecule has 9 nitrogen and oxygen atoms in total. The molecule has 1 saturated heterocycles. The van der Waals surface area contributed by atoms with Crippen LogP contribution in [0.15, 0.2) is 34.2 Å². The quantitative estimate of drug-likeness (QED) is 0.809. The number of aryl methyl sites for hydroxylation is 1. The number of nitrogens with one attached hydrogen (secondary N) is 2. The largest absolute Gasteiger partial charge is 0.356 e. The summed E-state index contributed by atoms with van der Waals surface area (Å²) >= 11 is 0. The molecule has 2 N–H and O–H groups in total. The number of aromatic amines is 1. The number of anilines is 2. The molecule has 132 valence electrons. The van der Waals surface area contributed by atoms with Crippen molar-refractivity contribution in [3.8, 4) is 0 Å². The van der Waals surface area contributed by atoms with Gasteiger partial charge in [-0.25, -0.2) is 14.8 Å². The summed E-state index contributed by atoms with van der Waals surface area (Å²) in [5.41, 5.74) is -0.994. The molecule has 3 rings (SSSR count). The number of carbonyl (C=O) groups is 1. The third kappa shape index (κ3) is 4.52. The van der Waals surface area contributed by atoms with Crippen LogP contribution < -0.4 is 21.5 Å². The lowest BCUT2D eigenvalue weighted by Crippen LogP contribution is -2.30. The van der Waals surface area contributed by atoms with Crippen molar-refractivity contribution in [1.29, 1.82) is 0 Å². The molecule has 1 fully saturated rings. The second-order valence-corrected chi connectivity index (χ2v) is 5.91. The highest BCUT2D eigenvalue weighted by Crippen LogP contribution is 2.19. The van der Waals surface area contributed by atoms with Gasteiger partial charge in [-0.2, -0.15) is 0 Å². The fraction of sp³-hybridized carbons (Fsp3) is 0.438. The van der Waals surface area contributed by atoms with Crippen molar-refractivity contribution in [1.82, 2.24) is 19.5 Å². The van der Waals surface area contributed by atoms with E-state index in [2.05, 4.69) is 25.2 Å². The molecule has 0 atom stereocenters. The van der Waals surface area contributed by atoms with Crippen LogP contribution in [0.3, 0.4) is 0 Å². The van der Waals surface area contributed by atoms with Crippen LogP contribution in [-0.4, -0.2) is 38.5 Å². The molecule has 2 aromatic rings. The molecule has 0 aliphatic carbocycles. The molecule has 1 aliphatic heterocycles. The number of H-pyrrole nitrogens is 1. The van der Waals surface area contributed by atoms with E-state index in [4.69, 9.17) is 0 Å². The van der Waals surface area contributed by atoms with Gasteiger partial charge in [0, 0.05) is 44.4 Å². The summed E-state index contributed by atoms with van der Waals surface area (Å²) in [7, 11) is 0. The van der Waals surface area contributed by atoms with Crippen molar-refractivity contribution in [2.75, 3.05) is 23.3 Å². The van der Waals surface area contributed by atoms with Crippen LogP contribution in [0.25, 0.3) is 0 Å². The first kappa shape index (κ1) is 16.9. The van der Waals surface area contributed by atoms with Crippen molar-refractivity contribution >= 4 is 17.5 Å². The topological polar surface area (TPSA) is 113 Å². The van der Waals surface area contributed by atoms with Gasteiger partial charge in [-0.15, -0.1) is 0 Å². The zero-order chi connectivity index (χ0) is 17.6. The second-order valence-electron chi connectivity index (χ2n) is 5.91. The molecule has 9 heteroatoms. The Balaban J connectivity index is 1.59. The minimum atomic E-state index is -0.533. The van der Waals surface area contributed by atoms with Crippen molar-refractivity contribution in [3.05, 3.63) is 45.5 Å². The minimum Gasteiger partial charge on any atom is -0.356 e. The number of rotatable bonds is 5. The molecule has 0 bridgehead atoms. The maximum atomic E-state index is 12.1. The van der Waals surface area contributed by atoms with Crippen LogP contribution in [-0.2, 0) is 11.3 Å². The molecule has 1 aliphatic rings. The van der Waals surface area contributed by atoms with Gasteiger partial charge in [0.15, 0.2) is 0 Å². The van der Waals surface area contributed by atoms with E-state index in [1.807, 2.05) is 0 Å². The van der Waals surface area contributed by atoms with Gasteiger partial charge in [-0.3, -0.25) is 14.6 Å². The third-order valence-corrected chi connectivity index (χ3v) is 4.08. The molecule has 0 spiro atoms. The standard InChI is InChI=1S/C16H20N6O3/c23-14(4-8-22-9-5-15(24)20-16(22)25)19-12-10-13(18-11-17-12)21-6-2-1-3-7-21/h5,9-11H,1-4,6-8H2,(H,20,24,25)(H,17,18,19,23). The number of nitrogens with zero attached hydrogens (tertiary/aromatic N) is 4. The van der Waals surface area contributed by atoms with Crippen LogP contribution in [0.1, 0.15) is 25.7 Å². The minimum absolute atomic E-state index is 0.0923. The van der Waals surface area contributed by atoms with Crippen molar-refractivity contribution in [2.45, 2.75) is 32.2 Å². The van der Waals surface area contributed by atoms with Crippen LogP contribution in [0, 0.1) is 0 Å². The van der Waals surface area contributed by atoms with Crippen molar-refractivity contribution in [2.24, 2.45) is 0 Å². The molecule has 3 heterocycles. The summed E-state index contributed by atoms with van der Waals surface area (Å²) in [6.07, 6.45) is 6.41. The number of hydrogen-bond donors (Lipinski definition) is 2. The van der Waals surface area contributed by atoms with Crippen LogP contribution in [0.5, 0.6) is 0 Å². The lowest BCUT2D eigenvalue weighted by molar-refractivity contribution is -0.116. The van der Waals surface area contributed by atoms with Gasteiger partial charge in [-0.1, -0.05) is 0 Å². The Morgan fingerprint density at radius 2 is 2.00 bits per heavy atom. The first-order chi connectivity index (χ1) is 12.1. The molecular weight excluding hydrogens is 324 g/mol. The van der Waals surface area contributed by atoms with Gasteiger partial charge in [0.2, 0.25) is 5.91 Å². The smallest absolute Gasteiger partial charge is 0.328 e. The number of piperidine rings is 1. The summed E-state index contributed by atoms with van der Waals surface area (Å²) in [4.78, 5) is 47.3. The van der Waals surface area contributed by atoms with E-state index < -0.39 is 11.2 Å². The molecule has 0 unspecified atom stereocenters. The number of carbonyl (C=O) groups excluding carboxylic acids is 1. The van der Waals surface area contributed by atoms with E-state index in [0.717, 1.165) is 31.7 Å². The fourth-order valence-electron chi connectivity index (χ4n) is 2.76. The van der Waals surface area contributed by atoms with Gasteiger partial charge < -0.3 is 14.8 Å². The normalized spacial score (nSPS) is 14.3. The van der Waals surface area contributed by atoms with Gasteiger partial charge in [0.25, 0.3) is 5.56 Å². The van der Waals surface area contributed by atoms with Crippen molar-refractivity contribution < 1.29 is 4.79 Å². The van der Waals surface area contributed by atoms with E-state index >= 15 is 0 Å². The highest BCUT2D eigenvalue weighted by molar-refractivity contribution is 5.89. The summed E-state index contributed by atoms with van der Waals surface area (Å²) in [6, 6.07) is 3.00. The van der Waals surface area contributed by atoms with E-state index in [-0.39, 0.29) is 18.9 Å². The molecule has 1 amide bonds. The lowest BCUT2D eigenvalue weighted by Gasteiger charge is -2.27. The summed E-state index contributed by atoms with van der Waals surface area (Å²) in [5.74, 6) is 0.984. The average molecular weight is 344 g/mol. The fourth-order valence-corrected chi connectivity index (χ4v) is 2.76. The first-order valence-electron chi connectivity index (χ1n) is 8.28. The van der Waals surface area contributed by atoms with Crippen LogP contribution in [0.2, 0.25) is 0 Å². The molecule has 0 saturated carbocycles. The molecule has 0 radical (unpaired) electrons. The van der Waals surface area contributed by atoms with Gasteiger partial charge in [0.1, 0.15) is 18.0 Å². The van der Waals surface area contributed by atoms with Crippen LogP contribution in [0.4, 0.5) is 11.6 Å². The predicted octanol–water partition coefficient (Wildman–Crippen LogP) is 0.346. The monoisotopic (exact) mass is 344 g/mol. The molecule has 0 aromatic carbocycles. The average Bonchev–Trinajstić information content (AvgIpc) is 2.62. The van der Waals surface area contributed by atoms with Gasteiger partial charge in [0.05, 0.1) is 0 Å². The molecule has 2 aromatic heterocycles. The lowest BCUT2D eigenvalue weighted by atomic mass is 10.1. The number of amides is 1. The summed E-state index contributed by atoms with van der Waals surface area (Å²) < 4.78 is 1.28. The second kappa shape index (κ2) is 7.73. The maximum absolute atomic E-state index is 12.1. The number of aromatic nitrogens is 4. The van der Waals surface area contributed by atoms with Crippen molar-refractivity contribution in [3.63, 3.8) is 0 Å². The summed E-state index contributed by atoms with van der Waals surface area (Å²) in [5, 5.41) is 2.72. The Morgan fingerprint density at radius 3 is 2.76 bits per heavy atom. The highest BCUT2D eigenvalue weighted by atomic mass is 16.2. The molecule has 25 heavy (non-hydrogen) atoms. The SMILES string of the molecule is O=C(CCn1ccc(=O)[nH]c1=O)Nc1cc(N2CCCCC2)ncn1. The third-order valence-electron chi connectivity index (χ3n) is 4.08. The van der Waals surface area contributed by atoms with E-state index in [1.165, 1.54) is 29.6 Å². The summed E-state index contributed by atoms with van der Waals surface area (Å²) in [6.45, 7) is 2.09. The Hall–Kier alpha value is -2.97. The highest BCUT2D eigenvalue weighted by Gasteiger charge is 2.13. The van der Waals surface area contributed by atoms with E-state index in [9.17, 15) is 14.4 Å². The van der Waals surface area contributed by atoms with E-state index in [0.29, 0.717) is 5.82 Å². The van der Waals surface area contributed by atoms with Gasteiger partial charge >= 0.3 is 5.69 Å². The Bertz CT molecular complexity index is 853. The first-order valence-corrected chi connectivity index (χ1v) is 8.28. The number of hydrogen-bond acceptors (Lipinski definition) is 6. The Kier molecular flexibility index (Phi) is 5.22. The maximum Gasteiger partial charge on any atom is 0.328 e.